The molecule has 0 saturated carbocycles. The molecule has 2 atom stereocenters. The molecule has 0 spiro atoms. The van der Waals surface area contributed by atoms with E-state index in [4.69, 9.17) is 14.2 Å². The molecule has 0 heterocycles. The highest BCUT2D eigenvalue weighted by Crippen LogP contribution is 2.14. The Morgan fingerprint density at radius 3 is 1.18 bits per heavy atom. The number of unbranched alkanes of at least 4 members (excludes halogenated alkanes) is 16. The number of hydrogen-bond donors (Lipinski definition) is 2. The van der Waals surface area contributed by atoms with Crippen LogP contribution in [0.5, 0.6) is 0 Å². The first-order chi connectivity index (χ1) is 21.8. The van der Waals surface area contributed by atoms with E-state index in [0.717, 1.165) is 38.5 Å². The first-order valence-corrected chi connectivity index (χ1v) is 17.5. The van der Waals surface area contributed by atoms with Gasteiger partial charge in [-0.3, -0.25) is 19.2 Å². The smallest absolute Gasteiger partial charge is 0.310 e. The molecule has 9 nitrogen and oxygen atoms in total. The van der Waals surface area contributed by atoms with E-state index in [1.54, 1.807) is 12.2 Å². The maximum atomic E-state index is 12.1. The van der Waals surface area contributed by atoms with Crippen molar-refractivity contribution in [1.29, 1.82) is 0 Å². The average Bonchev–Trinajstić information content (AvgIpc) is 3.00. The molecule has 0 bridgehead atoms. The molecule has 45 heavy (non-hydrogen) atoms. The van der Waals surface area contributed by atoms with Gasteiger partial charge in [0.25, 0.3) is 0 Å². The second kappa shape index (κ2) is 31.3. The molecule has 0 aromatic rings. The molecule has 0 rings (SSSR count). The number of allylic oxidation sites excluding steroid dienone is 2. The van der Waals surface area contributed by atoms with Gasteiger partial charge in [0.1, 0.15) is 13.2 Å². The molecule has 2 N–H and O–H groups in total. The van der Waals surface area contributed by atoms with Crippen LogP contribution in [0.3, 0.4) is 0 Å². The zero-order valence-corrected chi connectivity index (χ0v) is 28.2. The largest absolute Gasteiger partial charge is 0.481 e. The van der Waals surface area contributed by atoms with Crippen molar-refractivity contribution >= 4 is 23.9 Å². The Morgan fingerprint density at radius 2 is 0.844 bits per heavy atom. The lowest BCUT2D eigenvalue weighted by Crippen LogP contribution is -2.20. The summed E-state index contributed by atoms with van der Waals surface area (Å²) in [5.41, 5.74) is 0. The number of carboxylic acid groups (broad SMARTS) is 2. The molecule has 0 aliphatic carbocycles. The van der Waals surface area contributed by atoms with Crippen LogP contribution in [0.1, 0.15) is 142 Å². The Bertz CT molecular complexity index is 755. The molecular formula is C36H62O9. The van der Waals surface area contributed by atoms with Crippen molar-refractivity contribution in [2.75, 3.05) is 26.4 Å². The Balaban J connectivity index is 3.98. The summed E-state index contributed by atoms with van der Waals surface area (Å²) in [6.07, 6.45) is 27.2. The third kappa shape index (κ3) is 28.5. The van der Waals surface area contributed by atoms with Crippen molar-refractivity contribution in [3.8, 4) is 0 Å². The van der Waals surface area contributed by atoms with E-state index in [0.29, 0.717) is 0 Å². The van der Waals surface area contributed by atoms with Crippen LogP contribution in [0.25, 0.3) is 0 Å². The molecule has 0 aliphatic heterocycles. The summed E-state index contributed by atoms with van der Waals surface area (Å²) < 4.78 is 15.5. The lowest BCUT2D eigenvalue weighted by molar-refractivity contribution is -0.152. The third-order valence-corrected chi connectivity index (χ3v) is 7.57. The van der Waals surface area contributed by atoms with Gasteiger partial charge in [-0.25, -0.2) is 0 Å². The lowest BCUT2D eigenvalue weighted by Gasteiger charge is -2.10. The number of ether oxygens (including phenoxy) is 3. The average molecular weight is 639 g/mol. The van der Waals surface area contributed by atoms with Crippen LogP contribution in [0, 0.1) is 11.8 Å². The number of carboxylic acids is 2. The minimum absolute atomic E-state index is 0.0498. The Morgan fingerprint density at radius 1 is 0.511 bits per heavy atom. The highest BCUT2D eigenvalue weighted by molar-refractivity contribution is 5.80. The Kier molecular flexibility index (Phi) is 29.4. The number of carbonyl (C=O) groups is 4. The molecule has 260 valence electrons. The van der Waals surface area contributed by atoms with Crippen molar-refractivity contribution in [2.45, 2.75) is 142 Å². The summed E-state index contributed by atoms with van der Waals surface area (Å²) in [4.78, 5) is 47.1. The summed E-state index contributed by atoms with van der Waals surface area (Å²) in [6, 6.07) is 0. The number of rotatable bonds is 32. The predicted octanol–water partition coefficient (Wildman–Crippen LogP) is 8.45. The standard InChI is InChI=1S/C36H62O9/c1-3-5-7-9-11-13-15-17-19-21-23-31(35(39)40)29-33(37)44-27-25-43-26-28-45-34(38)30-32(36(41)42)24-22-20-18-16-14-12-10-8-6-4-2/h21-24,31-32H,3-20,25-30H2,1-2H3,(H,39,40)(H,41,42)/b23-21+,24-22+. The first-order valence-electron chi connectivity index (χ1n) is 17.5. The summed E-state index contributed by atoms with van der Waals surface area (Å²) in [5.74, 6) is -5.24. The van der Waals surface area contributed by atoms with Crippen LogP contribution in [-0.2, 0) is 33.4 Å². The van der Waals surface area contributed by atoms with Gasteiger partial charge in [0, 0.05) is 0 Å². The molecule has 2 unspecified atom stereocenters. The maximum Gasteiger partial charge on any atom is 0.310 e. The van der Waals surface area contributed by atoms with Crippen LogP contribution in [-0.4, -0.2) is 60.5 Å². The van der Waals surface area contributed by atoms with Gasteiger partial charge < -0.3 is 24.4 Å². The number of esters is 2. The van der Waals surface area contributed by atoms with Crippen LogP contribution in [0.15, 0.2) is 24.3 Å². The van der Waals surface area contributed by atoms with Gasteiger partial charge in [-0.1, -0.05) is 128 Å². The highest BCUT2D eigenvalue weighted by atomic mass is 16.6. The zero-order chi connectivity index (χ0) is 33.4. The number of aliphatic carboxylic acids is 2. The van der Waals surface area contributed by atoms with Crippen molar-refractivity contribution in [1.82, 2.24) is 0 Å². The molecule has 9 heteroatoms. The first kappa shape index (κ1) is 42.3. The second-order valence-electron chi connectivity index (χ2n) is 11.7. The molecule has 0 aliphatic rings. The van der Waals surface area contributed by atoms with Gasteiger partial charge in [0.2, 0.25) is 0 Å². The number of hydrogen-bond acceptors (Lipinski definition) is 7. The Labute approximate surface area is 272 Å². The van der Waals surface area contributed by atoms with E-state index in [1.807, 2.05) is 12.2 Å². The van der Waals surface area contributed by atoms with Gasteiger partial charge >= 0.3 is 23.9 Å². The molecule has 0 amide bonds. The Hall–Kier alpha value is -2.68. The van der Waals surface area contributed by atoms with Crippen molar-refractivity contribution < 1.29 is 43.6 Å². The summed E-state index contributed by atoms with van der Waals surface area (Å²) in [6.45, 7) is 4.44. The molecule has 0 fully saturated rings. The van der Waals surface area contributed by atoms with E-state index in [1.165, 1.54) is 77.0 Å². The molecule has 0 saturated heterocycles. The van der Waals surface area contributed by atoms with E-state index >= 15 is 0 Å². The maximum absolute atomic E-state index is 12.1. The van der Waals surface area contributed by atoms with E-state index in [9.17, 15) is 29.4 Å². The van der Waals surface area contributed by atoms with E-state index < -0.39 is 35.7 Å². The second-order valence-corrected chi connectivity index (χ2v) is 11.7. The molecule has 0 radical (unpaired) electrons. The van der Waals surface area contributed by atoms with Crippen LogP contribution >= 0.6 is 0 Å². The van der Waals surface area contributed by atoms with Gasteiger partial charge in [-0.2, -0.15) is 0 Å². The fourth-order valence-corrected chi connectivity index (χ4v) is 4.80. The minimum atomic E-state index is -1.07. The van der Waals surface area contributed by atoms with Gasteiger partial charge in [0.05, 0.1) is 37.9 Å². The quantitative estimate of drug-likeness (QED) is 0.0422. The summed E-state index contributed by atoms with van der Waals surface area (Å²) >= 11 is 0. The monoisotopic (exact) mass is 638 g/mol. The van der Waals surface area contributed by atoms with Crippen molar-refractivity contribution in [3.63, 3.8) is 0 Å². The normalized spacial score (nSPS) is 12.8. The highest BCUT2D eigenvalue weighted by Gasteiger charge is 2.20. The fourth-order valence-electron chi connectivity index (χ4n) is 4.80. The predicted molar refractivity (Wildman–Crippen MR) is 177 cm³/mol. The van der Waals surface area contributed by atoms with E-state index in [-0.39, 0.29) is 39.3 Å². The third-order valence-electron chi connectivity index (χ3n) is 7.57. The van der Waals surface area contributed by atoms with Gasteiger partial charge in [-0.05, 0) is 25.7 Å². The minimum Gasteiger partial charge on any atom is -0.481 e. The van der Waals surface area contributed by atoms with Gasteiger partial charge in [0.15, 0.2) is 0 Å². The molecule has 0 aromatic heterocycles. The van der Waals surface area contributed by atoms with E-state index in [2.05, 4.69) is 13.8 Å². The zero-order valence-electron chi connectivity index (χ0n) is 28.2. The summed E-state index contributed by atoms with van der Waals surface area (Å²) in [7, 11) is 0. The fraction of sp³-hybridized carbons (Fsp3) is 0.778. The molecule has 0 aromatic carbocycles. The van der Waals surface area contributed by atoms with Crippen LogP contribution in [0.4, 0.5) is 0 Å². The van der Waals surface area contributed by atoms with Crippen molar-refractivity contribution in [3.05, 3.63) is 24.3 Å². The summed E-state index contributed by atoms with van der Waals surface area (Å²) in [5, 5.41) is 18.8. The number of carbonyl (C=O) groups excluding carboxylic acids is 2. The lowest BCUT2D eigenvalue weighted by atomic mass is 10.0. The van der Waals surface area contributed by atoms with Gasteiger partial charge in [-0.15, -0.1) is 0 Å². The topological polar surface area (TPSA) is 136 Å². The SMILES string of the molecule is CCCCCCCCCC/C=C/C(CC(=O)OCCOCCOC(=O)CC(/C=C/CCCCCCCCCC)C(=O)O)C(=O)O. The van der Waals surface area contributed by atoms with Crippen molar-refractivity contribution in [2.24, 2.45) is 11.8 Å². The molecular weight excluding hydrogens is 576 g/mol. The van der Waals surface area contributed by atoms with Crippen LogP contribution in [0.2, 0.25) is 0 Å². The van der Waals surface area contributed by atoms with Crippen LogP contribution < -0.4 is 0 Å².